The summed E-state index contributed by atoms with van der Waals surface area (Å²) in [6, 6.07) is 6.68. The molecule has 0 aliphatic rings. The standard InChI is InChI=1S/C15H16ClN3O2S/c1-9-4-5-11(16)7-12(9)18-13(20)8-19-14(21)6-10(2)17-15(19)22-3/h4-7H,8H2,1-3H3,(H,18,20). The van der Waals surface area contributed by atoms with Crippen LogP contribution in [-0.2, 0) is 11.3 Å². The van der Waals surface area contributed by atoms with Crippen LogP contribution in [0.5, 0.6) is 0 Å². The van der Waals surface area contributed by atoms with E-state index in [9.17, 15) is 9.59 Å². The van der Waals surface area contributed by atoms with Crippen molar-refractivity contribution in [3.8, 4) is 0 Å². The molecule has 0 aliphatic carbocycles. The molecule has 0 fully saturated rings. The quantitative estimate of drug-likeness (QED) is 0.688. The maximum atomic E-state index is 12.2. The van der Waals surface area contributed by atoms with Crippen molar-refractivity contribution in [3.05, 3.63) is 50.9 Å². The number of hydrogen-bond donors (Lipinski definition) is 1. The highest BCUT2D eigenvalue weighted by Crippen LogP contribution is 2.20. The maximum absolute atomic E-state index is 12.2. The van der Waals surface area contributed by atoms with Gasteiger partial charge in [-0.15, -0.1) is 0 Å². The van der Waals surface area contributed by atoms with Crippen molar-refractivity contribution in [2.75, 3.05) is 11.6 Å². The van der Waals surface area contributed by atoms with E-state index in [4.69, 9.17) is 11.6 Å². The Morgan fingerprint density at radius 3 is 2.77 bits per heavy atom. The minimum absolute atomic E-state index is 0.0890. The first-order valence-electron chi connectivity index (χ1n) is 6.59. The number of amides is 1. The maximum Gasteiger partial charge on any atom is 0.254 e. The molecular formula is C15H16ClN3O2S. The lowest BCUT2D eigenvalue weighted by Crippen LogP contribution is -2.29. The number of carbonyl (C=O) groups is 1. The lowest BCUT2D eigenvalue weighted by atomic mass is 10.2. The number of halogens is 1. The monoisotopic (exact) mass is 337 g/mol. The number of carbonyl (C=O) groups excluding carboxylic acids is 1. The highest BCUT2D eigenvalue weighted by atomic mass is 35.5. The number of rotatable bonds is 4. The van der Waals surface area contributed by atoms with E-state index in [2.05, 4.69) is 10.3 Å². The molecular weight excluding hydrogens is 322 g/mol. The number of nitrogens with one attached hydrogen (secondary N) is 1. The highest BCUT2D eigenvalue weighted by Gasteiger charge is 2.12. The summed E-state index contributed by atoms with van der Waals surface area (Å²) >= 11 is 7.26. The zero-order chi connectivity index (χ0) is 16.3. The van der Waals surface area contributed by atoms with Gasteiger partial charge in [-0.25, -0.2) is 4.98 Å². The van der Waals surface area contributed by atoms with Crippen LogP contribution in [0.4, 0.5) is 5.69 Å². The van der Waals surface area contributed by atoms with Crippen LogP contribution in [0, 0.1) is 13.8 Å². The summed E-state index contributed by atoms with van der Waals surface area (Å²) in [4.78, 5) is 28.5. The first-order chi connectivity index (χ1) is 10.4. The summed E-state index contributed by atoms with van der Waals surface area (Å²) in [6.07, 6.45) is 1.82. The van der Waals surface area contributed by atoms with Crippen molar-refractivity contribution in [1.82, 2.24) is 9.55 Å². The van der Waals surface area contributed by atoms with Crippen molar-refractivity contribution in [2.24, 2.45) is 0 Å². The van der Waals surface area contributed by atoms with Crippen LogP contribution in [0.1, 0.15) is 11.3 Å². The van der Waals surface area contributed by atoms with Gasteiger partial charge in [0, 0.05) is 22.5 Å². The third kappa shape index (κ3) is 3.90. The highest BCUT2D eigenvalue weighted by molar-refractivity contribution is 7.98. The average molecular weight is 338 g/mol. The van der Waals surface area contributed by atoms with Gasteiger partial charge >= 0.3 is 0 Å². The third-order valence-electron chi connectivity index (χ3n) is 3.06. The van der Waals surface area contributed by atoms with E-state index in [1.54, 1.807) is 19.1 Å². The van der Waals surface area contributed by atoms with E-state index in [1.807, 2.05) is 19.2 Å². The summed E-state index contributed by atoms with van der Waals surface area (Å²) in [5, 5.41) is 3.83. The van der Waals surface area contributed by atoms with Crippen LogP contribution < -0.4 is 10.9 Å². The van der Waals surface area contributed by atoms with Crippen molar-refractivity contribution in [1.29, 1.82) is 0 Å². The fourth-order valence-electron chi connectivity index (χ4n) is 1.96. The van der Waals surface area contributed by atoms with E-state index in [-0.39, 0.29) is 18.0 Å². The summed E-state index contributed by atoms with van der Waals surface area (Å²) in [7, 11) is 0. The molecule has 0 unspecified atom stereocenters. The van der Waals surface area contributed by atoms with E-state index in [0.717, 1.165) is 5.56 Å². The number of nitrogens with zero attached hydrogens (tertiary/aromatic N) is 2. The van der Waals surface area contributed by atoms with Gasteiger partial charge in [0.25, 0.3) is 5.56 Å². The molecule has 1 amide bonds. The molecule has 0 spiro atoms. The number of benzene rings is 1. The van der Waals surface area contributed by atoms with Crippen molar-refractivity contribution in [2.45, 2.75) is 25.5 Å². The van der Waals surface area contributed by atoms with E-state index < -0.39 is 0 Å². The second-order valence-electron chi connectivity index (χ2n) is 4.82. The van der Waals surface area contributed by atoms with Crippen molar-refractivity contribution >= 4 is 35.0 Å². The molecule has 0 saturated heterocycles. The van der Waals surface area contributed by atoms with E-state index in [1.165, 1.54) is 22.4 Å². The normalized spacial score (nSPS) is 10.5. The summed E-state index contributed by atoms with van der Waals surface area (Å²) in [5.74, 6) is -0.298. The third-order valence-corrected chi connectivity index (χ3v) is 3.97. The molecule has 0 aliphatic heterocycles. The van der Waals surface area contributed by atoms with Gasteiger partial charge in [0.2, 0.25) is 5.91 Å². The van der Waals surface area contributed by atoms with Gasteiger partial charge in [0.05, 0.1) is 0 Å². The molecule has 0 saturated carbocycles. The number of thioether (sulfide) groups is 1. The van der Waals surface area contributed by atoms with Crippen LogP contribution in [0.15, 0.2) is 34.2 Å². The number of aryl methyl sites for hydroxylation is 2. The predicted molar refractivity (Wildman–Crippen MR) is 89.8 cm³/mol. The molecule has 1 N–H and O–H groups in total. The number of anilines is 1. The minimum Gasteiger partial charge on any atom is -0.324 e. The van der Waals surface area contributed by atoms with Crippen LogP contribution in [0.2, 0.25) is 5.02 Å². The zero-order valence-electron chi connectivity index (χ0n) is 12.5. The van der Waals surface area contributed by atoms with Crippen LogP contribution in [-0.4, -0.2) is 21.7 Å². The molecule has 1 aromatic heterocycles. The Balaban J connectivity index is 2.23. The van der Waals surface area contributed by atoms with E-state index >= 15 is 0 Å². The lowest BCUT2D eigenvalue weighted by molar-refractivity contribution is -0.116. The SMILES string of the molecule is CSc1nc(C)cc(=O)n1CC(=O)Nc1cc(Cl)ccc1C. The van der Waals surface area contributed by atoms with Gasteiger partial charge < -0.3 is 5.32 Å². The number of aromatic nitrogens is 2. The van der Waals surface area contributed by atoms with Crippen LogP contribution in [0.3, 0.4) is 0 Å². The molecule has 2 rings (SSSR count). The predicted octanol–water partition coefficient (Wildman–Crippen LogP) is 2.87. The Labute approximate surface area is 137 Å². The smallest absolute Gasteiger partial charge is 0.254 e. The molecule has 2 aromatic rings. The fourth-order valence-corrected chi connectivity index (χ4v) is 2.74. The van der Waals surface area contributed by atoms with Gasteiger partial charge in [-0.1, -0.05) is 29.4 Å². The summed E-state index contributed by atoms with van der Waals surface area (Å²) in [6.45, 7) is 3.54. The Hall–Kier alpha value is -1.79. The summed E-state index contributed by atoms with van der Waals surface area (Å²) < 4.78 is 1.35. The Morgan fingerprint density at radius 2 is 2.09 bits per heavy atom. The Kier molecular flexibility index (Phi) is 5.26. The van der Waals surface area contributed by atoms with Crippen LogP contribution >= 0.6 is 23.4 Å². The van der Waals surface area contributed by atoms with Gasteiger partial charge in [-0.3, -0.25) is 14.2 Å². The number of hydrogen-bond acceptors (Lipinski definition) is 4. The molecule has 7 heteroatoms. The second kappa shape index (κ2) is 6.98. The molecule has 0 radical (unpaired) electrons. The first-order valence-corrected chi connectivity index (χ1v) is 8.19. The minimum atomic E-state index is -0.298. The van der Waals surface area contributed by atoms with E-state index in [0.29, 0.717) is 21.6 Å². The topological polar surface area (TPSA) is 64.0 Å². The lowest BCUT2D eigenvalue weighted by Gasteiger charge is -2.12. The van der Waals surface area contributed by atoms with Crippen molar-refractivity contribution in [3.63, 3.8) is 0 Å². The summed E-state index contributed by atoms with van der Waals surface area (Å²) in [5.41, 5.74) is 1.93. The average Bonchev–Trinajstić information content (AvgIpc) is 2.45. The molecule has 1 aromatic carbocycles. The first kappa shape index (κ1) is 16.6. The van der Waals surface area contributed by atoms with Gasteiger partial charge in [-0.2, -0.15) is 0 Å². The molecule has 116 valence electrons. The van der Waals surface area contributed by atoms with Crippen molar-refractivity contribution < 1.29 is 4.79 Å². The second-order valence-corrected chi connectivity index (χ2v) is 6.03. The molecule has 22 heavy (non-hydrogen) atoms. The Morgan fingerprint density at radius 1 is 1.36 bits per heavy atom. The molecule has 0 bridgehead atoms. The van der Waals surface area contributed by atoms with Crippen LogP contribution in [0.25, 0.3) is 0 Å². The fraction of sp³-hybridized carbons (Fsp3) is 0.267. The molecule has 1 heterocycles. The zero-order valence-corrected chi connectivity index (χ0v) is 14.1. The van der Waals surface area contributed by atoms with Gasteiger partial charge in [0.15, 0.2) is 5.16 Å². The van der Waals surface area contributed by atoms with Gasteiger partial charge in [-0.05, 0) is 37.8 Å². The van der Waals surface area contributed by atoms with Gasteiger partial charge in [0.1, 0.15) is 6.54 Å². The largest absolute Gasteiger partial charge is 0.324 e. The Bertz CT molecular complexity index is 774. The molecule has 5 nitrogen and oxygen atoms in total. The molecule has 0 atom stereocenters.